The third-order valence-electron chi connectivity index (χ3n) is 4.51. The van der Waals surface area contributed by atoms with Gasteiger partial charge in [0.1, 0.15) is 18.1 Å². The van der Waals surface area contributed by atoms with Gasteiger partial charge in [-0.05, 0) is 43.3 Å². The Morgan fingerprint density at radius 3 is 2.58 bits per heavy atom. The summed E-state index contributed by atoms with van der Waals surface area (Å²) < 4.78 is 7.42. The molecule has 0 aliphatic carbocycles. The van der Waals surface area contributed by atoms with E-state index in [1.165, 1.54) is 11.5 Å². The molecular formula is C21H19ClN6O3. The number of aryl methyl sites for hydroxylation is 1. The van der Waals surface area contributed by atoms with Crippen molar-refractivity contribution in [3.8, 4) is 5.75 Å². The van der Waals surface area contributed by atoms with Crippen molar-refractivity contribution in [3.05, 3.63) is 75.8 Å². The highest BCUT2D eigenvalue weighted by atomic mass is 35.5. The maximum absolute atomic E-state index is 12.5. The van der Waals surface area contributed by atoms with Crippen LogP contribution in [-0.2, 0) is 11.3 Å². The van der Waals surface area contributed by atoms with Gasteiger partial charge in [0.15, 0.2) is 0 Å². The number of fused-ring (bicyclic) bond motifs is 1. The second-order valence-corrected chi connectivity index (χ2v) is 7.22. The van der Waals surface area contributed by atoms with E-state index in [9.17, 15) is 9.59 Å². The standard InChI is InChI=1S/C21H19ClN6O3/c1-13-3-5-14(6-4-13)23-18-9-10-27-20(25-18)26-28(21(27)30)12-19(29)24-15-7-8-17(31-2)16(22)11-15/h3-11H,12H2,1-2H3,(H,24,29)(H,23,25,26). The van der Waals surface area contributed by atoms with Crippen LogP contribution in [0.5, 0.6) is 5.75 Å². The number of hydrogen-bond donors (Lipinski definition) is 2. The van der Waals surface area contributed by atoms with Crippen LogP contribution in [0.1, 0.15) is 5.56 Å². The van der Waals surface area contributed by atoms with Gasteiger partial charge in [-0.3, -0.25) is 4.79 Å². The molecule has 31 heavy (non-hydrogen) atoms. The molecule has 0 aliphatic heterocycles. The number of benzene rings is 2. The molecule has 0 bridgehead atoms. The summed E-state index contributed by atoms with van der Waals surface area (Å²) in [5.41, 5.74) is 2.03. The number of nitrogens with zero attached hydrogens (tertiary/aromatic N) is 4. The summed E-state index contributed by atoms with van der Waals surface area (Å²) in [5, 5.41) is 10.4. The van der Waals surface area contributed by atoms with E-state index in [2.05, 4.69) is 20.7 Å². The van der Waals surface area contributed by atoms with Gasteiger partial charge in [0, 0.05) is 17.6 Å². The monoisotopic (exact) mass is 438 g/mol. The van der Waals surface area contributed by atoms with E-state index < -0.39 is 11.6 Å². The molecule has 2 aromatic heterocycles. The van der Waals surface area contributed by atoms with Gasteiger partial charge in [-0.2, -0.15) is 4.98 Å². The maximum Gasteiger partial charge on any atom is 0.352 e. The van der Waals surface area contributed by atoms with E-state index >= 15 is 0 Å². The van der Waals surface area contributed by atoms with Crippen LogP contribution in [0.4, 0.5) is 17.2 Å². The lowest BCUT2D eigenvalue weighted by molar-refractivity contribution is -0.117. The van der Waals surface area contributed by atoms with Crippen molar-refractivity contribution in [2.45, 2.75) is 13.5 Å². The number of nitrogens with one attached hydrogen (secondary N) is 2. The van der Waals surface area contributed by atoms with Crippen LogP contribution >= 0.6 is 11.6 Å². The molecule has 2 aromatic carbocycles. The molecular weight excluding hydrogens is 420 g/mol. The molecule has 4 aromatic rings. The number of hydrogen-bond acceptors (Lipinski definition) is 6. The summed E-state index contributed by atoms with van der Waals surface area (Å²) in [6.45, 7) is 1.74. The lowest BCUT2D eigenvalue weighted by atomic mass is 10.2. The van der Waals surface area contributed by atoms with E-state index in [1.54, 1.807) is 30.5 Å². The first-order valence-electron chi connectivity index (χ1n) is 9.36. The summed E-state index contributed by atoms with van der Waals surface area (Å²) in [4.78, 5) is 29.3. The molecule has 9 nitrogen and oxygen atoms in total. The van der Waals surface area contributed by atoms with Gasteiger partial charge in [-0.15, -0.1) is 5.10 Å². The average molecular weight is 439 g/mol. The first-order chi connectivity index (χ1) is 14.9. The lowest BCUT2D eigenvalue weighted by Crippen LogP contribution is -2.28. The normalized spacial score (nSPS) is 10.8. The molecule has 0 fully saturated rings. The Hall–Kier alpha value is -3.85. The van der Waals surface area contributed by atoms with Gasteiger partial charge < -0.3 is 15.4 Å². The Morgan fingerprint density at radius 1 is 1.13 bits per heavy atom. The molecule has 0 radical (unpaired) electrons. The molecule has 0 aliphatic rings. The highest BCUT2D eigenvalue weighted by molar-refractivity contribution is 6.32. The molecule has 2 heterocycles. The minimum absolute atomic E-state index is 0.183. The minimum atomic E-state index is -0.465. The highest BCUT2D eigenvalue weighted by Gasteiger charge is 2.13. The second-order valence-electron chi connectivity index (χ2n) is 6.81. The third-order valence-corrected chi connectivity index (χ3v) is 4.80. The van der Waals surface area contributed by atoms with Gasteiger partial charge in [0.25, 0.3) is 5.78 Å². The number of anilines is 3. The van der Waals surface area contributed by atoms with Crippen molar-refractivity contribution >= 4 is 40.5 Å². The number of rotatable bonds is 6. The van der Waals surface area contributed by atoms with Crippen molar-refractivity contribution in [3.63, 3.8) is 0 Å². The fraction of sp³-hybridized carbons (Fsp3) is 0.143. The van der Waals surface area contributed by atoms with Gasteiger partial charge >= 0.3 is 5.69 Å². The number of halogens is 1. The molecule has 2 N–H and O–H groups in total. The van der Waals surface area contributed by atoms with Crippen LogP contribution in [0, 0.1) is 6.92 Å². The Labute approximate surface area is 182 Å². The average Bonchev–Trinajstić information content (AvgIpc) is 3.04. The van der Waals surface area contributed by atoms with Crippen LogP contribution in [0.2, 0.25) is 5.02 Å². The molecule has 158 valence electrons. The molecule has 0 spiro atoms. The lowest BCUT2D eigenvalue weighted by Gasteiger charge is -2.07. The summed E-state index contributed by atoms with van der Waals surface area (Å²) >= 11 is 6.07. The third kappa shape index (κ3) is 4.51. The topological polar surface area (TPSA) is 103 Å². The van der Waals surface area contributed by atoms with E-state index in [0.717, 1.165) is 15.9 Å². The van der Waals surface area contributed by atoms with Crippen LogP contribution < -0.4 is 21.1 Å². The van der Waals surface area contributed by atoms with Crippen molar-refractivity contribution in [1.29, 1.82) is 0 Å². The molecule has 10 heteroatoms. The number of methoxy groups -OCH3 is 1. The van der Waals surface area contributed by atoms with Gasteiger partial charge in [-0.25, -0.2) is 13.9 Å². The number of amides is 1. The predicted octanol–water partition coefficient (Wildman–Crippen LogP) is 3.24. The molecule has 0 unspecified atom stereocenters. The van der Waals surface area contributed by atoms with E-state index in [-0.39, 0.29) is 12.3 Å². The first-order valence-corrected chi connectivity index (χ1v) is 9.74. The Bertz CT molecular complexity index is 1310. The second kappa shape index (κ2) is 8.49. The van der Waals surface area contributed by atoms with Crippen molar-refractivity contribution in [2.75, 3.05) is 17.7 Å². The van der Waals surface area contributed by atoms with Crippen LogP contribution in [0.15, 0.2) is 59.5 Å². The van der Waals surface area contributed by atoms with Crippen LogP contribution in [-0.4, -0.2) is 32.2 Å². The minimum Gasteiger partial charge on any atom is -0.495 e. The zero-order valence-electron chi connectivity index (χ0n) is 16.8. The summed E-state index contributed by atoms with van der Waals surface area (Å²) in [6.07, 6.45) is 1.56. The first kappa shape index (κ1) is 20.4. The van der Waals surface area contributed by atoms with E-state index in [0.29, 0.717) is 22.3 Å². The van der Waals surface area contributed by atoms with Crippen molar-refractivity contribution < 1.29 is 9.53 Å². The number of aromatic nitrogens is 4. The SMILES string of the molecule is COc1ccc(NC(=O)Cn2nc3nc(Nc4ccc(C)cc4)ccn3c2=O)cc1Cl. The quantitative estimate of drug-likeness (QED) is 0.479. The zero-order chi connectivity index (χ0) is 22.0. The van der Waals surface area contributed by atoms with Gasteiger partial charge in [-0.1, -0.05) is 29.3 Å². The highest BCUT2D eigenvalue weighted by Crippen LogP contribution is 2.27. The fourth-order valence-electron chi connectivity index (χ4n) is 2.94. The van der Waals surface area contributed by atoms with E-state index in [1.807, 2.05) is 31.2 Å². The zero-order valence-corrected chi connectivity index (χ0v) is 17.6. The van der Waals surface area contributed by atoms with Gasteiger partial charge in [0.2, 0.25) is 5.91 Å². The Balaban J connectivity index is 1.50. The smallest absolute Gasteiger partial charge is 0.352 e. The summed E-state index contributed by atoms with van der Waals surface area (Å²) in [5.74, 6) is 0.787. The van der Waals surface area contributed by atoms with Crippen LogP contribution in [0.3, 0.4) is 0 Å². The number of carbonyl (C=O) groups is 1. The maximum atomic E-state index is 12.5. The van der Waals surface area contributed by atoms with Gasteiger partial charge in [0.05, 0.1) is 12.1 Å². The summed E-state index contributed by atoms with van der Waals surface area (Å²) in [6, 6.07) is 14.4. The predicted molar refractivity (Wildman–Crippen MR) is 118 cm³/mol. The molecule has 4 rings (SSSR count). The number of carbonyl (C=O) groups excluding carboxylic acids is 1. The Morgan fingerprint density at radius 2 is 1.87 bits per heavy atom. The number of ether oxygens (including phenoxy) is 1. The van der Waals surface area contributed by atoms with Crippen molar-refractivity contribution in [1.82, 2.24) is 19.2 Å². The van der Waals surface area contributed by atoms with Crippen molar-refractivity contribution in [2.24, 2.45) is 0 Å². The molecule has 0 saturated heterocycles. The molecule has 1 amide bonds. The fourth-order valence-corrected chi connectivity index (χ4v) is 3.20. The van der Waals surface area contributed by atoms with Crippen LogP contribution in [0.25, 0.3) is 5.78 Å². The molecule has 0 atom stereocenters. The Kier molecular flexibility index (Phi) is 5.59. The summed E-state index contributed by atoms with van der Waals surface area (Å²) in [7, 11) is 1.51. The largest absolute Gasteiger partial charge is 0.495 e. The molecule has 0 saturated carbocycles. The van der Waals surface area contributed by atoms with E-state index in [4.69, 9.17) is 16.3 Å².